The van der Waals surface area contributed by atoms with Crippen molar-refractivity contribution in [3.8, 4) is 0 Å². The molecule has 0 saturated heterocycles. The summed E-state index contributed by atoms with van der Waals surface area (Å²) in [6.07, 6.45) is 0.764. The number of H-pyrrole nitrogens is 1. The van der Waals surface area contributed by atoms with E-state index < -0.39 is 35.5 Å². The zero-order valence-electron chi connectivity index (χ0n) is 23.7. The molecule has 1 aromatic carbocycles. The average molecular weight is 608 g/mol. The molecule has 4 unspecified atom stereocenters. The Morgan fingerprint density at radius 2 is 1.83 bits per heavy atom. The molecule has 0 fully saturated rings. The van der Waals surface area contributed by atoms with E-state index in [2.05, 4.69) is 31.1 Å². The van der Waals surface area contributed by atoms with E-state index >= 15 is 0 Å². The lowest BCUT2D eigenvalue weighted by atomic mass is 9.78. The van der Waals surface area contributed by atoms with Crippen molar-refractivity contribution in [3.63, 3.8) is 0 Å². The van der Waals surface area contributed by atoms with Gasteiger partial charge in [-0.05, 0) is 42.4 Å². The highest BCUT2D eigenvalue weighted by molar-refractivity contribution is 6.38. The molecule has 1 aliphatic rings. The van der Waals surface area contributed by atoms with Gasteiger partial charge in [0.25, 0.3) is 0 Å². The first kappa shape index (κ1) is 30.6. The Hall–Kier alpha value is -3.31. The van der Waals surface area contributed by atoms with Crippen molar-refractivity contribution in [2.45, 2.75) is 84.3 Å². The van der Waals surface area contributed by atoms with Gasteiger partial charge in [-0.1, -0.05) is 63.7 Å². The number of amides is 3. The van der Waals surface area contributed by atoms with Crippen LogP contribution in [0.3, 0.4) is 0 Å². The fourth-order valence-corrected chi connectivity index (χ4v) is 5.92. The third-order valence-corrected chi connectivity index (χ3v) is 8.70. The Labute approximate surface area is 248 Å². The summed E-state index contributed by atoms with van der Waals surface area (Å²) < 4.78 is 5.69. The van der Waals surface area contributed by atoms with Crippen molar-refractivity contribution >= 4 is 52.0 Å². The third-order valence-electron chi connectivity index (χ3n) is 8.18. The van der Waals surface area contributed by atoms with Crippen LogP contribution in [0.4, 0.5) is 4.79 Å². The van der Waals surface area contributed by atoms with Crippen LogP contribution in [0.25, 0.3) is 10.9 Å². The number of nitrogens with zero attached hydrogens (tertiary/aromatic N) is 2. The molecule has 1 aliphatic carbocycles. The van der Waals surface area contributed by atoms with Crippen molar-refractivity contribution in [1.82, 2.24) is 31.1 Å². The monoisotopic (exact) mass is 606 g/mol. The van der Waals surface area contributed by atoms with Crippen LogP contribution in [0.2, 0.25) is 10.0 Å². The van der Waals surface area contributed by atoms with E-state index in [0.717, 1.165) is 16.6 Å². The van der Waals surface area contributed by atoms with Gasteiger partial charge in [-0.25, -0.2) is 4.79 Å². The molecule has 0 saturated carbocycles. The van der Waals surface area contributed by atoms with Crippen LogP contribution in [0.5, 0.6) is 0 Å². The number of aryl methyl sites for hydroxylation is 2. The summed E-state index contributed by atoms with van der Waals surface area (Å²) in [6.45, 7) is 9.28. The second kappa shape index (κ2) is 12.3. The number of nitrogens with one attached hydrogen (secondary N) is 4. The Bertz CT molecular complexity index is 1460. The lowest BCUT2D eigenvalue weighted by Crippen LogP contribution is -2.65. The summed E-state index contributed by atoms with van der Waals surface area (Å²) in [5, 5.41) is 27.6. The van der Waals surface area contributed by atoms with Gasteiger partial charge < -0.3 is 30.5 Å². The second-order valence-corrected chi connectivity index (χ2v) is 11.8. The molecule has 3 aromatic rings. The minimum atomic E-state index is -1.42. The van der Waals surface area contributed by atoms with Crippen LogP contribution in [0, 0.1) is 18.8 Å². The molecular formula is C28H36Cl2N6O5. The Morgan fingerprint density at radius 1 is 1.12 bits per heavy atom. The number of rotatable bonds is 10. The van der Waals surface area contributed by atoms with Crippen molar-refractivity contribution in [3.05, 3.63) is 45.2 Å². The minimum Gasteiger partial charge on any atom is -0.465 e. The zero-order valence-corrected chi connectivity index (χ0v) is 25.2. The first-order chi connectivity index (χ1) is 19.4. The first-order valence-electron chi connectivity index (χ1n) is 13.8. The SMILES string of the molecule is CCC(C)C(NC(=O)O)C(=O)N[C@]1(C(=O)NC(c2nnc(C)o2)C(C)CC)CCc2[nH]c3c(Cl)cc(Cl)cc3c2C1. The Balaban J connectivity index is 1.77. The molecule has 5 atom stereocenters. The normalized spacial score (nSPS) is 19.6. The fourth-order valence-electron chi connectivity index (χ4n) is 5.38. The van der Waals surface area contributed by atoms with E-state index in [9.17, 15) is 19.5 Å². The number of carbonyl (C=O) groups is 3. The predicted octanol–water partition coefficient (Wildman–Crippen LogP) is 5.10. The summed E-state index contributed by atoms with van der Waals surface area (Å²) in [5.41, 5.74) is 0.995. The van der Waals surface area contributed by atoms with Crippen LogP contribution in [0.15, 0.2) is 16.5 Å². The van der Waals surface area contributed by atoms with Gasteiger partial charge in [-0.3, -0.25) is 9.59 Å². The number of hydrogen-bond donors (Lipinski definition) is 5. The van der Waals surface area contributed by atoms with E-state index in [1.807, 2.05) is 20.8 Å². The molecule has 5 N–H and O–H groups in total. The molecule has 0 bridgehead atoms. The maximum absolute atomic E-state index is 14.3. The van der Waals surface area contributed by atoms with Crippen LogP contribution in [-0.2, 0) is 22.4 Å². The van der Waals surface area contributed by atoms with Crippen molar-refractivity contribution in [2.75, 3.05) is 0 Å². The lowest BCUT2D eigenvalue weighted by molar-refractivity contribution is -0.136. The summed E-state index contributed by atoms with van der Waals surface area (Å²) in [7, 11) is 0. The van der Waals surface area contributed by atoms with E-state index in [1.54, 1.807) is 26.0 Å². The number of fused-ring (bicyclic) bond motifs is 3. The Kier molecular flexibility index (Phi) is 9.18. The first-order valence-corrected chi connectivity index (χ1v) is 14.6. The van der Waals surface area contributed by atoms with Crippen LogP contribution in [-0.4, -0.2) is 49.8 Å². The standard InChI is InChI=1S/C28H36Cl2N6O5/c1-6-13(3)21(33-27(39)40)24(37)34-28(26(38)32-22(14(4)7-2)25-36-35-15(5)41-25)9-8-20-18(12-28)17-10-16(29)11-19(30)23(17)31-20/h10-11,13-14,21-22,31,33H,6-9,12H2,1-5H3,(H,32,38)(H,34,37)(H,39,40)/t13?,14?,21?,22?,28-/m1/s1. The number of aromatic amines is 1. The number of hydrogen-bond acceptors (Lipinski definition) is 6. The highest BCUT2D eigenvalue weighted by atomic mass is 35.5. The number of halogens is 2. The van der Waals surface area contributed by atoms with Crippen molar-refractivity contribution in [1.29, 1.82) is 0 Å². The fraction of sp³-hybridized carbons (Fsp3) is 0.536. The van der Waals surface area contributed by atoms with E-state index in [4.69, 9.17) is 27.6 Å². The highest BCUT2D eigenvalue weighted by Crippen LogP contribution is 2.39. The molecule has 0 spiro atoms. The number of carboxylic acid groups (broad SMARTS) is 1. The van der Waals surface area contributed by atoms with Gasteiger partial charge in [0.05, 0.1) is 10.5 Å². The van der Waals surface area contributed by atoms with Gasteiger partial charge in [0.2, 0.25) is 23.6 Å². The molecule has 2 aromatic heterocycles. The van der Waals surface area contributed by atoms with Gasteiger partial charge in [-0.15, -0.1) is 10.2 Å². The molecule has 0 aliphatic heterocycles. The summed E-state index contributed by atoms with van der Waals surface area (Å²) in [6, 6.07) is 1.77. The number of aromatic nitrogens is 3. The summed E-state index contributed by atoms with van der Waals surface area (Å²) in [5.74, 6) is -0.734. The maximum atomic E-state index is 14.3. The second-order valence-electron chi connectivity index (χ2n) is 10.9. The highest BCUT2D eigenvalue weighted by Gasteiger charge is 2.47. The van der Waals surface area contributed by atoms with E-state index in [-0.39, 0.29) is 30.6 Å². The van der Waals surface area contributed by atoms with E-state index in [0.29, 0.717) is 40.7 Å². The molecule has 41 heavy (non-hydrogen) atoms. The summed E-state index contributed by atoms with van der Waals surface area (Å²) in [4.78, 5) is 43.0. The van der Waals surface area contributed by atoms with Gasteiger partial charge in [0, 0.05) is 29.4 Å². The molecular weight excluding hydrogens is 571 g/mol. The van der Waals surface area contributed by atoms with Crippen LogP contribution >= 0.6 is 23.2 Å². The topological polar surface area (TPSA) is 162 Å². The lowest BCUT2D eigenvalue weighted by Gasteiger charge is -2.39. The predicted molar refractivity (Wildman–Crippen MR) is 155 cm³/mol. The quantitative estimate of drug-likeness (QED) is 0.214. The molecule has 11 nitrogen and oxygen atoms in total. The van der Waals surface area contributed by atoms with Crippen molar-refractivity contribution < 1.29 is 23.9 Å². The maximum Gasteiger partial charge on any atom is 0.405 e. The largest absolute Gasteiger partial charge is 0.465 e. The van der Waals surface area contributed by atoms with Crippen LogP contribution in [0.1, 0.15) is 76.0 Å². The van der Waals surface area contributed by atoms with Gasteiger partial charge in [0.1, 0.15) is 17.6 Å². The number of carbonyl (C=O) groups excluding carboxylic acids is 2. The smallest absolute Gasteiger partial charge is 0.405 e. The van der Waals surface area contributed by atoms with E-state index in [1.165, 1.54) is 0 Å². The van der Waals surface area contributed by atoms with Gasteiger partial charge in [0.15, 0.2) is 0 Å². The Morgan fingerprint density at radius 3 is 2.44 bits per heavy atom. The zero-order chi connectivity index (χ0) is 30.1. The van der Waals surface area contributed by atoms with Crippen molar-refractivity contribution in [2.24, 2.45) is 11.8 Å². The van der Waals surface area contributed by atoms with Gasteiger partial charge in [-0.2, -0.15) is 0 Å². The average Bonchev–Trinajstić information content (AvgIpc) is 3.52. The molecule has 0 radical (unpaired) electrons. The van der Waals surface area contributed by atoms with Gasteiger partial charge >= 0.3 is 6.09 Å². The molecule has 2 heterocycles. The molecule has 3 amide bonds. The van der Waals surface area contributed by atoms with Crippen LogP contribution < -0.4 is 16.0 Å². The molecule has 13 heteroatoms. The number of benzene rings is 1. The minimum absolute atomic E-state index is 0.0575. The summed E-state index contributed by atoms with van der Waals surface area (Å²) >= 11 is 12.8. The molecule has 222 valence electrons. The molecule has 4 rings (SSSR count). The third kappa shape index (κ3) is 6.30.